The van der Waals surface area contributed by atoms with E-state index in [-0.39, 0.29) is 11.9 Å². The zero-order valence-corrected chi connectivity index (χ0v) is 14.6. The summed E-state index contributed by atoms with van der Waals surface area (Å²) in [5, 5.41) is 6.07. The van der Waals surface area contributed by atoms with Crippen molar-refractivity contribution in [3.05, 3.63) is 45.1 Å². The lowest BCUT2D eigenvalue weighted by atomic mass is 9.95. The monoisotopic (exact) mass is 356 g/mol. The van der Waals surface area contributed by atoms with Crippen molar-refractivity contribution in [3.63, 3.8) is 0 Å². The summed E-state index contributed by atoms with van der Waals surface area (Å²) in [6.45, 7) is 5.87. The van der Waals surface area contributed by atoms with Crippen LogP contribution in [0.3, 0.4) is 0 Å². The molecule has 7 heteroatoms. The number of nitrogens with one attached hydrogen (secondary N) is 2. The Labute approximate surface area is 145 Å². The molecule has 124 valence electrons. The first-order valence-electron chi connectivity index (χ1n) is 7.20. The third-order valence-electron chi connectivity index (χ3n) is 3.31. The number of benzene rings is 1. The number of amides is 2. The molecule has 2 rings (SSSR count). The first kappa shape index (κ1) is 17.6. The molecule has 0 fully saturated rings. The Bertz CT molecular complexity index is 671. The molecule has 1 aliphatic heterocycles. The van der Waals surface area contributed by atoms with E-state index < -0.39 is 12.0 Å². The Morgan fingerprint density at radius 2 is 2.00 bits per heavy atom. The minimum absolute atomic E-state index is 0.217. The maximum atomic E-state index is 12.4. The van der Waals surface area contributed by atoms with Gasteiger partial charge in [0.1, 0.15) is 0 Å². The Kier molecular flexibility index (Phi) is 5.55. The predicted octanol–water partition coefficient (Wildman–Crippen LogP) is 3.82. The number of urea groups is 1. The summed E-state index contributed by atoms with van der Waals surface area (Å²) in [6.07, 6.45) is 0. The van der Waals surface area contributed by atoms with E-state index >= 15 is 0 Å². The Morgan fingerprint density at radius 3 is 2.61 bits per heavy atom. The number of ether oxygens (including phenoxy) is 1. The molecule has 1 aliphatic rings. The molecule has 2 N–H and O–H groups in total. The lowest BCUT2D eigenvalue weighted by molar-refractivity contribution is -0.140. The minimum Gasteiger partial charge on any atom is -0.462 e. The van der Waals surface area contributed by atoms with Crippen LogP contribution in [-0.4, -0.2) is 18.6 Å². The number of rotatable bonds is 4. The molecule has 0 saturated heterocycles. The maximum Gasteiger partial charge on any atom is 0.338 e. The van der Waals surface area contributed by atoms with Crippen LogP contribution in [0.15, 0.2) is 29.5 Å². The predicted molar refractivity (Wildman–Crippen MR) is 89.4 cm³/mol. The second-order valence-electron chi connectivity index (χ2n) is 5.74. The summed E-state index contributed by atoms with van der Waals surface area (Å²) in [6, 6.07) is 3.94. The second kappa shape index (κ2) is 7.23. The maximum absolute atomic E-state index is 12.4. The summed E-state index contributed by atoms with van der Waals surface area (Å²) in [5.74, 6) is -0.255. The average Bonchev–Trinajstić information content (AvgIpc) is 2.46. The smallest absolute Gasteiger partial charge is 0.338 e. The van der Waals surface area contributed by atoms with Crippen LogP contribution < -0.4 is 10.6 Å². The van der Waals surface area contributed by atoms with Gasteiger partial charge in [-0.2, -0.15) is 0 Å². The van der Waals surface area contributed by atoms with E-state index in [2.05, 4.69) is 10.6 Å². The second-order valence-corrected chi connectivity index (χ2v) is 6.55. The Balaban J connectivity index is 2.37. The molecule has 1 aromatic rings. The minimum atomic E-state index is -0.641. The zero-order chi connectivity index (χ0) is 17.1. The van der Waals surface area contributed by atoms with Gasteiger partial charge >= 0.3 is 12.0 Å². The molecule has 5 nitrogen and oxygen atoms in total. The van der Waals surface area contributed by atoms with Crippen LogP contribution in [0.1, 0.15) is 32.4 Å². The highest BCUT2D eigenvalue weighted by Gasteiger charge is 2.32. The fraction of sp³-hybridized carbons (Fsp3) is 0.375. The van der Waals surface area contributed by atoms with Gasteiger partial charge in [0.25, 0.3) is 0 Å². The van der Waals surface area contributed by atoms with Crippen LogP contribution in [-0.2, 0) is 9.53 Å². The summed E-state index contributed by atoms with van der Waals surface area (Å²) >= 11 is 12.0. The fourth-order valence-electron chi connectivity index (χ4n) is 2.23. The van der Waals surface area contributed by atoms with Crippen molar-refractivity contribution in [2.24, 2.45) is 5.92 Å². The molecular formula is C16H18Cl2N2O3. The number of esters is 1. The third kappa shape index (κ3) is 4.18. The van der Waals surface area contributed by atoms with E-state index in [1.54, 1.807) is 25.1 Å². The molecule has 0 radical (unpaired) electrons. The number of halogens is 2. The van der Waals surface area contributed by atoms with Crippen molar-refractivity contribution >= 4 is 35.2 Å². The van der Waals surface area contributed by atoms with Crippen LogP contribution >= 0.6 is 23.2 Å². The highest BCUT2D eigenvalue weighted by molar-refractivity contribution is 6.42. The summed E-state index contributed by atoms with van der Waals surface area (Å²) in [5.41, 5.74) is 1.47. The highest BCUT2D eigenvalue weighted by atomic mass is 35.5. The zero-order valence-electron chi connectivity index (χ0n) is 13.1. The molecule has 0 aromatic heterocycles. The number of allylic oxidation sites excluding steroid dienone is 1. The van der Waals surface area contributed by atoms with Crippen LogP contribution in [0.25, 0.3) is 0 Å². The SMILES string of the molecule is CC1=C(C(=O)OCC(C)C)[C@H](c2ccc(Cl)c(Cl)c2)NC(=O)N1. The molecule has 0 aliphatic carbocycles. The standard InChI is InChI=1S/C16H18Cl2N2O3/c1-8(2)7-23-15(21)13-9(3)19-16(22)20-14(13)10-4-5-11(17)12(18)6-10/h4-6,8,14H,7H2,1-3H3,(H2,19,20,22)/t14-/m0/s1. The van der Waals surface area contributed by atoms with Crippen molar-refractivity contribution in [2.75, 3.05) is 6.61 Å². The molecule has 1 aromatic carbocycles. The molecule has 0 saturated carbocycles. The van der Waals surface area contributed by atoms with Gasteiger partial charge < -0.3 is 15.4 Å². The number of hydrogen-bond donors (Lipinski definition) is 2. The van der Waals surface area contributed by atoms with Gasteiger partial charge in [-0.05, 0) is 30.5 Å². The average molecular weight is 357 g/mol. The Morgan fingerprint density at radius 1 is 1.30 bits per heavy atom. The van der Waals surface area contributed by atoms with E-state index in [1.165, 1.54) is 0 Å². The van der Waals surface area contributed by atoms with Crippen LogP contribution in [0.2, 0.25) is 10.0 Å². The molecule has 1 atom stereocenters. The van der Waals surface area contributed by atoms with E-state index in [1.807, 2.05) is 13.8 Å². The summed E-state index contributed by atoms with van der Waals surface area (Å²) in [4.78, 5) is 24.2. The van der Waals surface area contributed by atoms with E-state index in [9.17, 15) is 9.59 Å². The van der Waals surface area contributed by atoms with Gasteiger partial charge in [-0.25, -0.2) is 9.59 Å². The van der Waals surface area contributed by atoms with Gasteiger partial charge in [0.05, 0.1) is 28.3 Å². The summed E-state index contributed by atoms with van der Waals surface area (Å²) in [7, 11) is 0. The molecule has 0 bridgehead atoms. The topological polar surface area (TPSA) is 67.4 Å². The quantitative estimate of drug-likeness (QED) is 0.805. The fourth-order valence-corrected chi connectivity index (χ4v) is 2.53. The van der Waals surface area contributed by atoms with E-state index in [0.717, 1.165) is 0 Å². The van der Waals surface area contributed by atoms with Gasteiger partial charge in [0, 0.05) is 5.70 Å². The molecule has 23 heavy (non-hydrogen) atoms. The van der Waals surface area contributed by atoms with E-state index in [4.69, 9.17) is 27.9 Å². The van der Waals surface area contributed by atoms with Gasteiger partial charge in [-0.3, -0.25) is 0 Å². The molecular weight excluding hydrogens is 339 g/mol. The van der Waals surface area contributed by atoms with Crippen LogP contribution in [0.4, 0.5) is 4.79 Å². The van der Waals surface area contributed by atoms with Crippen molar-refractivity contribution < 1.29 is 14.3 Å². The Hall–Kier alpha value is -1.72. The van der Waals surface area contributed by atoms with E-state index in [0.29, 0.717) is 33.5 Å². The van der Waals surface area contributed by atoms with Crippen molar-refractivity contribution in [1.82, 2.24) is 10.6 Å². The van der Waals surface area contributed by atoms with Crippen LogP contribution in [0.5, 0.6) is 0 Å². The van der Waals surface area contributed by atoms with Gasteiger partial charge in [0.15, 0.2) is 0 Å². The van der Waals surface area contributed by atoms with Crippen molar-refractivity contribution in [2.45, 2.75) is 26.8 Å². The lowest BCUT2D eigenvalue weighted by Crippen LogP contribution is -2.45. The van der Waals surface area contributed by atoms with Gasteiger partial charge in [0.2, 0.25) is 0 Å². The number of hydrogen-bond acceptors (Lipinski definition) is 3. The molecule has 0 unspecified atom stereocenters. The molecule has 2 amide bonds. The van der Waals surface area contributed by atoms with Gasteiger partial charge in [-0.15, -0.1) is 0 Å². The highest BCUT2D eigenvalue weighted by Crippen LogP contribution is 2.31. The molecule has 1 heterocycles. The molecule has 0 spiro atoms. The first-order valence-corrected chi connectivity index (χ1v) is 7.95. The number of carbonyl (C=O) groups excluding carboxylic acids is 2. The first-order chi connectivity index (χ1) is 10.8. The third-order valence-corrected chi connectivity index (χ3v) is 4.05. The lowest BCUT2D eigenvalue weighted by Gasteiger charge is -2.28. The van der Waals surface area contributed by atoms with Crippen molar-refractivity contribution in [1.29, 1.82) is 0 Å². The normalized spacial score (nSPS) is 17.8. The summed E-state index contributed by atoms with van der Waals surface area (Å²) < 4.78 is 5.31. The van der Waals surface area contributed by atoms with Crippen LogP contribution in [0, 0.1) is 5.92 Å². The largest absolute Gasteiger partial charge is 0.462 e. The number of carbonyl (C=O) groups is 2. The van der Waals surface area contributed by atoms with Gasteiger partial charge in [-0.1, -0.05) is 43.1 Å². The van der Waals surface area contributed by atoms with Crippen molar-refractivity contribution in [3.8, 4) is 0 Å².